The van der Waals surface area contributed by atoms with Crippen LogP contribution in [0, 0.1) is 0 Å². The number of rotatable bonds is 2. The first-order valence-corrected chi connectivity index (χ1v) is 4.85. The fraction of sp³-hybridized carbons (Fsp3) is 0.250. The molecule has 0 aliphatic rings. The number of thiazole rings is 1. The summed E-state index contributed by atoms with van der Waals surface area (Å²) in [6, 6.07) is -0.0614. The zero-order valence-corrected chi connectivity index (χ0v) is 8.01. The first-order valence-electron chi connectivity index (χ1n) is 3.97. The molecule has 0 saturated heterocycles. The number of aromatic amines is 1. The van der Waals surface area contributed by atoms with Crippen molar-refractivity contribution in [2.45, 2.75) is 13.0 Å². The first kappa shape index (κ1) is 8.40. The molecule has 0 saturated carbocycles. The Morgan fingerprint density at radius 3 is 2.92 bits per heavy atom. The molecule has 2 aromatic heterocycles. The van der Waals surface area contributed by atoms with Gasteiger partial charge in [-0.1, -0.05) is 0 Å². The van der Waals surface area contributed by atoms with Crippen LogP contribution in [0.15, 0.2) is 17.8 Å². The zero-order chi connectivity index (χ0) is 9.26. The zero-order valence-electron chi connectivity index (χ0n) is 7.19. The van der Waals surface area contributed by atoms with E-state index in [4.69, 9.17) is 5.73 Å². The van der Waals surface area contributed by atoms with E-state index in [0.717, 1.165) is 16.5 Å². The van der Waals surface area contributed by atoms with Crippen molar-refractivity contribution in [3.63, 3.8) is 0 Å². The molecule has 0 amide bonds. The number of nitrogens with two attached hydrogens (primary N) is 1. The number of nitrogens with zero attached hydrogens (tertiary/aromatic N) is 2. The fourth-order valence-corrected chi connectivity index (χ4v) is 1.64. The summed E-state index contributed by atoms with van der Waals surface area (Å²) in [5, 5.41) is 2.88. The highest BCUT2D eigenvalue weighted by atomic mass is 32.1. The molecule has 13 heavy (non-hydrogen) atoms. The van der Waals surface area contributed by atoms with E-state index >= 15 is 0 Å². The number of aromatic nitrogens is 3. The molecule has 2 aromatic rings. The van der Waals surface area contributed by atoms with Gasteiger partial charge >= 0.3 is 0 Å². The second kappa shape index (κ2) is 3.27. The standard InChI is InChI=1S/C8H10N4S/c1-5(9)7-11-4-6(12-7)8-10-2-3-13-8/h2-5H,9H2,1H3,(H,11,12). The minimum Gasteiger partial charge on any atom is -0.339 e. The third kappa shape index (κ3) is 1.61. The summed E-state index contributed by atoms with van der Waals surface area (Å²) in [5.74, 6) is 0.796. The van der Waals surface area contributed by atoms with Crippen LogP contribution >= 0.6 is 11.3 Å². The summed E-state index contributed by atoms with van der Waals surface area (Å²) in [6.07, 6.45) is 3.53. The third-order valence-corrected chi connectivity index (χ3v) is 2.50. The van der Waals surface area contributed by atoms with Crippen LogP contribution in [0.3, 0.4) is 0 Å². The molecule has 0 aliphatic carbocycles. The number of hydrogen-bond donors (Lipinski definition) is 2. The Kier molecular flexibility index (Phi) is 2.12. The Hall–Kier alpha value is -1.20. The van der Waals surface area contributed by atoms with Gasteiger partial charge < -0.3 is 10.7 Å². The van der Waals surface area contributed by atoms with Crippen LogP contribution in [0.5, 0.6) is 0 Å². The summed E-state index contributed by atoms with van der Waals surface area (Å²) < 4.78 is 0. The van der Waals surface area contributed by atoms with Gasteiger partial charge in [0.25, 0.3) is 0 Å². The van der Waals surface area contributed by atoms with E-state index in [1.165, 1.54) is 0 Å². The lowest BCUT2D eigenvalue weighted by Crippen LogP contribution is -2.06. The second-order valence-corrected chi connectivity index (χ2v) is 3.70. The summed E-state index contributed by atoms with van der Waals surface area (Å²) in [7, 11) is 0. The minimum atomic E-state index is -0.0614. The number of H-pyrrole nitrogens is 1. The predicted octanol–water partition coefficient (Wildman–Crippen LogP) is 1.55. The topological polar surface area (TPSA) is 67.6 Å². The largest absolute Gasteiger partial charge is 0.339 e. The van der Waals surface area contributed by atoms with Crippen LogP contribution < -0.4 is 5.73 Å². The van der Waals surface area contributed by atoms with E-state index in [1.54, 1.807) is 23.7 Å². The van der Waals surface area contributed by atoms with Crippen molar-refractivity contribution in [3.05, 3.63) is 23.6 Å². The van der Waals surface area contributed by atoms with E-state index in [2.05, 4.69) is 15.0 Å². The van der Waals surface area contributed by atoms with Crippen molar-refractivity contribution in [1.82, 2.24) is 15.0 Å². The Labute approximate surface area is 79.8 Å². The lowest BCUT2D eigenvalue weighted by Gasteiger charge is -1.97. The summed E-state index contributed by atoms with van der Waals surface area (Å²) >= 11 is 1.58. The summed E-state index contributed by atoms with van der Waals surface area (Å²) in [5.41, 5.74) is 6.60. The van der Waals surface area contributed by atoms with Crippen LogP contribution in [0.4, 0.5) is 0 Å². The molecule has 5 heteroatoms. The summed E-state index contributed by atoms with van der Waals surface area (Å²) in [4.78, 5) is 11.5. The van der Waals surface area contributed by atoms with Gasteiger partial charge in [-0.25, -0.2) is 9.97 Å². The Morgan fingerprint density at radius 2 is 2.38 bits per heavy atom. The Morgan fingerprint density at radius 1 is 1.54 bits per heavy atom. The minimum absolute atomic E-state index is 0.0614. The molecule has 0 radical (unpaired) electrons. The average molecular weight is 194 g/mol. The molecule has 0 aromatic carbocycles. The van der Waals surface area contributed by atoms with E-state index in [-0.39, 0.29) is 6.04 Å². The quantitative estimate of drug-likeness (QED) is 0.762. The van der Waals surface area contributed by atoms with Gasteiger partial charge in [-0.05, 0) is 6.92 Å². The average Bonchev–Trinajstić information content (AvgIpc) is 2.75. The number of hydrogen-bond acceptors (Lipinski definition) is 4. The molecule has 68 valence electrons. The predicted molar refractivity (Wildman–Crippen MR) is 52.3 cm³/mol. The SMILES string of the molecule is CC(N)c1ncc(-c2nccs2)[nH]1. The van der Waals surface area contributed by atoms with Gasteiger partial charge in [-0.15, -0.1) is 11.3 Å². The Balaban J connectivity index is 2.33. The van der Waals surface area contributed by atoms with E-state index in [1.807, 2.05) is 12.3 Å². The molecule has 1 atom stereocenters. The maximum Gasteiger partial charge on any atom is 0.141 e. The van der Waals surface area contributed by atoms with Gasteiger partial charge in [-0.3, -0.25) is 0 Å². The highest BCUT2D eigenvalue weighted by Gasteiger charge is 2.07. The maximum absolute atomic E-state index is 5.67. The fourth-order valence-electron chi connectivity index (χ4n) is 1.03. The molecular formula is C8H10N4S. The van der Waals surface area contributed by atoms with Crippen LogP contribution in [-0.4, -0.2) is 15.0 Å². The van der Waals surface area contributed by atoms with Gasteiger partial charge in [0.1, 0.15) is 10.8 Å². The van der Waals surface area contributed by atoms with Crippen molar-refractivity contribution in [3.8, 4) is 10.7 Å². The molecule has 0 bridgehead atoms. The molecule has 2 rings (SSSR count). The van der Waals surface area contributed by atoms with Crippen LogP contribution in [-0.2, 0) is 0 Å². The normalized spacial score (nSPS) is 13.1. The van der Waals surface area contributed by atoms with Gasteiger partial charge in [0.15, 0.2) is 0 Å². The van der Waals surface area contributed by atoms with Crippen molar-refractivity contribution in [1.29, 1.82) is 0 Å². The van der Waals surface area contributed by atoms with Crippen molar-refractivity contribution >= 4 is 11.3 Å². The van der Waals surface area contributed by atoms with E-state index < -0.39 is 0 Å². The first-order chi connectivity index (χ1) is 6.27. The van der Waals surface area contributed by atoms with Gasteiger partial charge in [-0.2, -0.15) is 0 Å². The van der Waals surface area contributed by atoms with E-state index in [9.17, 15) is 0 Å². The molecule has 1 unspecified atom stereocenters. The molecule has 0 aliphatic heterocycles. The van der Waals surface area contributed by atoms with Crippen molar-refractivity contribution in [2.75, 3.05) is 0 Å². The van der Waals surface area contributed by atoms with E-state index in [0.29, 0.717) is 0 Å². The molecule has 4 nitrogen and oxygen atoms in total. The van der Waals surface area contributed by atoms with Crippen LogP contribution in [0.25, 0.3) is 10.7 Å². The number of imidazole rings is 1. The Bertz CT molecular complexity index is 377. The molecule has 2 heterocycles. The molecule has 0 spiro atoms. The smallest absolute Gasteiger partial charge is 0.141 e. The lowest BCUT2D eigenvalue weighted by molar-refractivity contribution is 0.756. The van der Waals surface area contributed by atoms with Crippen molar-refractivity contribution in [2.24, 2.45) is 5.73 Å². The maximum atomic E-state index is 5.67. The van der Waals surface area contributed by atoms with Gasteiger partial charge in [0, 0.05) is 11.6 Å². The highest BCUT2D eigenvalue weighted by molar-refractivity contribution is 7.13. The molecule has 3 N–H and O–H groups in total. The highest BCUT2D eigenvalue weighted by Crippen LogP contribution is 2.20. The molecular weight excluding hydrogens is 184 g/mol. The second-order valence-electron chi connectivity index (χ2n) is 2.81. The van der Waals surface area contributed by atoms with Crippen molar-refractivity contribution < 1.29 is 0 Å². The summed E-state index contributed by atoms with van der Waals surface area (Å²) in [6.45, 7) is 1.89. The number of nitrogens with one attached hydrogen (secondary N) is 1. The van der Waals surface area contributed by atoms with Gasteiger partial charge in [0.05, 0.1) is 17.9 Å². The third-order valence-electron chi connectivity index (χ3n) is 1.69. The van der Waals surface area contributed by atoms with Crippen LogP contribution in [0.1, 0.15) is 18.8 Å². The monoisotopic (exact) mass is 194 g/mol. The van der Waals surface area contributed by atoms with Gasteiger partial charge in [0.2, 0.25) is 0 Å². The molecule has 0 fully saturated rings. The van der Waals surface area contributed by atoms with Crippen LogP contribution in [0.2, 0.25) is 0 Å². The lowest BCUT2D eigenvalue weighted by atomic mass is 10.3.